The number of benzene rings is 1. The summed E-state index contributed by atoms with van der Waals surface area (Å²) in [6.07, 6.45) is 1.13. The second-order valence-corrected chi connectivity index (χ2v) is 5.59. The first-order valence-corrected chi connectivity index (χ1v) is 6.56. The number of nitrogens with zero attached hydrogens (tertiary/aromatic N) is 1. The number of nitrogens with two attached hydrogens (primary N) is 1. The van der Waals surface area contributed by atoms with Crippen LogP contribution in [-0.4, -0.2) is 19.4 Å². The van der Waals surface area contributed by atoms with Crippen LogP contribution in [0.15, 0.2) is 22.7 Å². The van der Waals surface area contributed by atoms with Crippen molar-refractivity contribution >= 4 is 27.5 Å². The molecule has 0 aliphatic carbocycles. The van der Waals surface area contributed by atoms with Crippen LogP contribution in [0.3, 0.4) is 0 Å². The van der Waals surface area contributed by atoms with Crippen LogP contribution < -0.4 is 10.6 Å². The van der Waals surface area contributed by atoms with Gasteiger partial charge in [-0.25, -0.2) is 0 Å². The van der Waals surface area contributed by atoms with Gasteiger partial charge in [0.15, 0.2) is 0 Å². The zero-order valence-corrected chi connectivity index (χ0v) is 12.2. The molecule has 0 aliphatic heterocycles. The highest BCUT2D eigenvalue weighted by Gasteiger charge is 2.10. The van der Waals surface area contributed by atoms with Gasteiger partial charge in [-0.2, -0.15) is 0 Å². The van der Waals surface area contributed by atoms with Gasteiger partial charge in [-0.1, -0.05) is 29.8 Å². The summed E-state index contributed by atoms with van der Waals surface area (Å²) in [7, 11) is 2.04. The highest BCUT2D eigenvalue weighted by Crippen LogP contribution is 2.24. The number of nitrogen functional groups attached to an aromatic ring is 1. The highest BCUT2D eigenvalue weighted by atomic mass is 79.9. The molecule has 94 valence electrons. The summed E-state index contributed by atoms with van der Waals surface area (Å²) < 4.78 is 0.948. The van der Waals surface area contributed by atoms with E-state index in [4.69, 9.17) is 11.1 Å². The van der Waals surface area contributed by atoms with Crippen molar-refractivity contribution in [2.24, 2.45) is 11.7 Å². The lowest BCUT2D eigenvalue weighted by molar-refractivity contribution is 0.585. The molecule has 17 heavy (non-hydrogen) atoms. The summed E-state index contributed by atoms with van der Waals surface area (Å²) >= 11 is 3.41. The predicted octanol–water partition coefficient (Wildman–Crippen LogP) is 3.22. The van der Waals surface area contributed by atoms with Crippen LogP contribution in [0, 0.1) is 11.3 Å². The summed E-state index contributed by atoms with van der Waals surface area (Å²) in [6, 6.07) is 5.87. The number of rotatable bonds is 5. The molecular weight excluding hydrogens is 278 g/mol. The van der Waals surface area contributed by atoms with Crippen LogP contribution in [0.2, 0.25) is 0 Å². The largest absolute Gasteiger partial charge is 0.384 e. The predicted molar refractivity (Wildman–Crippen MR) is 77.9 cm³/mol. The first-order chi connectivity index (χ1) is 7.91. The van der Waals surface area contributed by atoms with E-state index in [-0.39, 0.29) is 5.84 Å². The van der Waals surface area contributed by atoms with Crippen LogP contribution in [0.1, 0.15) is 25.8 Å². The van der Waals surface area contributed by atoms with Gasteiger partial charge in [0.25, 0.3) is 0 Å². The molecule has 0 atom stereocenters. The van der Waals surface area contributed by atoms with Gasteiger partial charge in [0.05, 0.1) is 0 Å². The Morgan fingerprint density at radius 1 is 1.47 bits per heavy atom. The SMILES string of the molecule is CC(C)CCN(C)c1ccc(Br)cc1C(=N)N. The number of anilines is 1. The third kappa shape index (κ3) is 4.04. The molecule has 0 spiro atoms. The minimum absolute atomic E-state index is 0.109. The van der Waals surface area contributed by atoms with Gasteiger partial charge in [-0.3, -0.25) is 5.41 Å². The van der Waals surface area contributed by atoms with Crippen LogP contribution >= 0.6 is 15.9 Å². The molecule has 1 rings (SSSR count). The Labute approximate surface area is 112 Å². The van der Waals surface area contributed by atoms with E-state index in [1.54, 1.807) is 0 Å². The topological polar surface area (TPSA) is 53.1 Å². The molecule has 0 bridgehead atoms. The Balaban J connectivity index is 2.92. The van der Waals surface area contributed by atoms with Crippen molar-refractivity contribution in [3.05, 3.63) is 28.2 Å². The molecule has 0 unspecified atom stereocenters. The second-order valence-electron chi connectivity index (χ2n) is 4.68. The van der Waals surface area contributed by atoms with Crippen molar-refractivity contribution in [1.82, 2.24) is 0 Å². The lowest BCUT2D eigenvalue weighted by Gasteiger charge is -2.23. The maximum Gasteiger partial charge on any atom is 0.124 e. The molecule has 1 aromatic carbocycles. The molecule has 0 amide bonds. The standard InChI is InChI=1S/C13H20BrN3/c1-9(2)6-7-17(3)12-5-4-10(14)8-11(12)13(15)16/h4-5,8-9H,6-7H2,1-3H3,(H3,15,16). The Hall–Kier alpha value is -1.03. The monoisotopic (exact) mass is 297 g/mol. The fourth-order valence-corrected chi connectivity index (χ4v) is 1.99. The Morgan fingerprint density at radius 2 is 2.12 bits per heavy atom. The second kappa shape index (κ2) is 6.05. The van der Waals surface area contributed by atoms with Crippen molar-refractivity contribution < 1.29 is 0 Å². The van der Waals surface area contributed by atoms with Gasteiger partial charge in [0, 0.05) is 29.3 Å². The Kier molecular flexibility index (Phi) is 5.00. The quantitative estimate of drug-likeness (QED) is 0.648. The fraction of sp³-hybridized carbons (Fsp3) is 0.462. The molecular formula is C13H20BrN3. The zero-order chi connectivity index (χ0) is 13.0. The third-order valence-corrected chi connectivity index (χ3v) is 3.20. The van der Waals surface area contributed by atoms with E-state index in [9.17, 15) is 0 Å². The molecule has 0 saturated carbocycles. The van der Waals surface area contributed by atoms with E-state index >= 15 is 0 Å². The molecule has 0 fully saturated rings. The minimum atomic E-state index is 0.109. The average molecular weight is 298 g/mol. The smallest absolute Gasteiger partial charge is 0.124 e. The van der Waals surface area contributed by atoms with E-state index < -0.39 is 0 Å². The van der Waals surface area contributed by atoms with Gasteiger partial charge in [0.1, 0.15) is 5.84 Å². The summed E-state index contributed by atoms with van der Waals surface area (Å²) in [5, 5.41) is 7.61. The summed E-state index contributed by atoms with van der Waals surface area (Å²) in [4.78, 5) is 2.16. The number of hydrogen-bond acceptors (Lipinski definition) is 2. The van der Waals surface area contributed by atoms with Gasteiger partial charge >= 0.3 is 0 Å². The van der Waals surface area contributed by atoms with Crippen molar-refractivity contribution in [2.75, 3.05) is 18.5 Å². The molecule has 0 aliphatic rings. The Bertz CT molecular complexity index is 402. The molecule has 3 N–H and O–H groups in total. The van der Waals surface area contributed by atoms with E-state index in [0.717, 1.165) is 28.7 Å². The molecule has 0 heterocycles. The maximum absolute atomic E-state index is 7.61. The molecule has 1 aromatic rings. The molecule has 3 nitrogen and oxygen atoms in total. The molecule has 0 saturated heterocycles. The van der Waals surface area contributed by atoms with E-state index in [1.807, 2.05) is 25.2 Å². The lowest BCUT2D eigenvalue weighted by atomic mass is 10.1. The van der Waals surface area contributed by atoms with E-state index in [1.165, 1.54) is 0 Å². The van der Waals surface area contributed by atoms with Crippen LogP contribution in [0.25, 0.3) is 0 Å². The molecule has 4 heteroatoms. The number of amidine groups is 1. The van der Waals surface area contributed by atoms with Crippen molar-refractivity contribution in [3.63, 3.8) is 0 Å². The van der Waals surface area contributed by atoms with Crippen LogP contribution in [0.4, 0.5) is 5.69 Å². The van der Waals surface area contributed by atoms with Crippen LogP contribution in [-0.2, 0) is 0 Å². The van der Waals surface area contributed by atoms with Gasteiger partial charge in [-0.05, 0) is 30.5 Å². The van der Waals surface area contributed by atoms with Crippen LogP contribution in [0.5, 0.6) is 0 Å². The summed E-state index contributed by atoms with van der Waals surface area (Å²) in [5.74, 6) is 0.784. The highest BCUT2D eigenvalue weighted by molar-refractivity contribution is 9.10. The average Bonchev–Trinajstić information content (AvgIpc) is 2.25. The maximum atomic E-state index is 7.61. The fourth-order valence-electron chi connectivity index (χ4n) is 1.63. The lowest BCUT2D eigenvalue weighted by Crippen LogP contribution is -2.24. The number of hydrogen-bond donors (Lipinski definition) is 2. The number of nitrogens with one attached hydrogen (secondary N) is 1. The normalized spacial score (nSPS) is 10.6. The van der Waals surface area contributed by atoms with E-state index in [2.05, 4.69) is 34.7 Å². The first-order valence-electron chi connectivity index (χ1n) is 5.77. The third-order valence-electron chi connectivity index (χ3n) is 2.70. The van der Waals surface area contributed by atoms with Crippen molar-refractivity contribution in [2.45, 2.75) is 20.3 Å². The van der Waals surface area contributed by atoms with Gasteiger partial charge in [-0.15, -0.1) is 0 Å². The van der Waals surface area contributed by atoms with Gasteiger partial charge < -0.3 is 10.6 Å². The Morgan fingerprint density at radius 3 is 2.65 bits per heavy atom. The van der Waals surface area contributed by atoms with Crippen molar-refractivity contribution in [1.29, 1.82) is 5.41 Å². The molecule has 0 radical (unpaired) electrons. The zero-order valence-electron chi connectivity index (χ0n) is 10.6. The van der Waals surface area contributed by atoms with Gasteiger partial charge in [0.2, 0.25) is 0 Å². The minimum Gasteiger partial charge on any atom is -0.384 e. The first kappa shape index (κ1) is 14.0. The summed E-state index contributed by atoms with van der Waals surface area (Å²) in [6.45, 7) is 5.39. The van der Waals surface area contributed by atoms with Crippen molar-refractivity contribution in [3.8, 4) is 0 Å². The summed E-state index contributed by atoms with van der Waals surface area (Å²) in [5.41, 5.74) is 7.41. The number of halogens is 1. The van der Waals surface area contributed by atoms with E-state index in [0.29, 0.717) is 5.92 Å². The molecule has 0 aromatic heterocycles.